The molecule has 2 aromatic carbocycles. The number of aldehydes is 1. The number of ether oxygens (including phenoxy) is 1. The van der Waals surface area contributed by atoms with Gasteiger partial charge in [-0.1, -0.05) is 47.7 Å². The summed E-state index contributed by atoms with van der Waals surface area (Å²) in [6, 6.07) is 19.2. The minimum atomic E-state index is -0.139. The fourth-order valence-electron chi connectivity index (χ4n) is 1.84. The van der Waals surface area contributed by atoms with E-state index in [4.69, 9.17) is 15.1 Å². The van der Waals surface area contributed by atoms with Gasteiger partial charge in [-0.15, -0.1) is 0 Å². The normalized spacial score (nSPS) is 9.40. The number of aromatic nitrogens is 1. The standard InChI is InChI=1S/C14H11NO.C4H3NO2S2/c15-10-12-6-4-5-7-13(12)11-16-14-8-2-1-3-9-14;6-1-2-3(7)5-4(8)9-2/h1-9H,11H2;1,7H,(H,5,8). The molecule has 0 saturated carbocycles. The Balaban J connectivity index is 0.000000212. The molecule has 0 spiro atoms. The summed E-state index contributed by atoms with van der Waals surface area (Å²) in [6.45, 7) is 0.424. The first kappa shape index (κ1) is 18.4. The number of H-pyrrole nitrogens is 1. The van der Waals surface area contributed by atoms with Crippen LogP contribution in [0.2, 0.25) is 0 Å². The van der Waals surface area contributed by atoms with E-state index in [0.29, 0.717) is 22.4 Å². The van der Waals surface area contributed by atoms with Crippen molar-refractivity contribution >= 4 is 29.8 Å². The van der Waals surface area contributed by atoms with E-state index in [1.807, 2.05) is 48.5 Å². The van der Waals surface area contributed by atoms with Gasteiger partial charge in [-0.2, -0.15) is 5.26 Å². The monoisotopic (exact) mass is 370 g/mol. The topological polar surface area (TPSA) is 86.1 Å². The molecule has 3 aromatic rings. The van der Waals surface area contributed by atoms with Crippen LogP contribution in [0.25, 0.3) is 0 Å². The average molecular weight is 370 g/mol. The van der Waals surface area contributed by atoms with E-state index in [9.17, 15) is 4.79 Å². The van der Waals surface area contributed by atoms with Gasteiger partial charge in [0.1, 0.15) is 17.2 Å². The number of aromatic hydroxyl groups is 1. The molecule has 0 amide bonds. The van der Waals surface area contributed by atoms with Crippen LogP contribution in [-0.2, 0) is 6.61 Å². The first-order valence-electron chi connectivity index (χ1n) is 7.17. The van der Waals surface area contributed by atoms with E-state index in [-0.39, 0.29) is 10.8 Å². The molecule has 0 unspecified atom stereocenters. The molecule has 2 N–H and O–H groups in total. The van der Waals surface area contributed by atoms with E-state index in [1.54, 1.807) is 6.07 Å². The fraction of sp³-hybridized carbons (Fsp3) is 0.0556. The van der Waals surface area contributed by atoms with Crippen LogP contribution in [0.4, 0.5) is 0 Å². The van der Waals surface area contributed by atoms with Crippen LogP contribution in [0, 0.1) is 15.3 Å². The molecule has 1 aromatic heterocycles. The van der Waals surface area contributed by atoms with Gasteiger partial charge in [0.15, 0.2) is 10.2 Å². The maximum absolute atomic E-state index is 10.0. The molecule has 0 aliphatic heterocycles. The van der Waals surface area contributed by atoms with Crippen molar-refractivity contribution in [2.75, 3.05) is 0 Å². The molecule has 0 fully saturated rings. The van der Waals surface area contributed by atoms with Gasteiger partial charge in [-0.25, -0.2) is 0 Å². The second-order valence-corrected chi connectivity index (χ2v) is 6.43. The second-order valence-electron chi connectivity index (χ2n) is 4.72. The minimum absolute atomic E-state index is 0.139. The third-order valence-corrected chi connectivity index (χ3v) is 4.19. The molecule has 126 valence electrons. The van der Waals surface area contributed by atoms with Crippen LogP contribution >= 0.6 is 23.6 Å². The molecule has 0 radical (unpaired) electrons. The molecule has 7 heteroatoms. The quantitative estimate of drug-likeness (QED) is 0.523. The summed E-state index contributed by atoms with van der Waals surface area (Å²) < 4.78 is 6.00. The summed E-state index contributed by atoms with van der Waals surface area (Å²) in [5, 5.41) is 17.7. The average Bonchev–Trinajstić information content (AvgIpc) is 2.99. The molecule has 3 rings (SSSR count). The highest BCUT2D eigenvalue weighted by Gasteiger charge is 2.01. The number of rotatable bonds is 4. The van der Waals surface area contributed by atoms with Crippen molar-refractivity contribution in [1.29, 1.82) is 5.26 Å². The van der Waals surface area contributed by atoms with Gasteiger partial charge in [0.25, 0.3) is 0 Å². The lowest BCUT2D eigenvalue weighted by molar-refractivity contribution is 0.112. The van der Waals surface area contributed by atoms with E-state index < -0.39 is 0 Å². The molecule has 0 saturated heterocycles. The van der Waals surface area contributed by atoms with Crippen molar-refractivity contribution < 1.29 is 14.6 Å². The highest BCUT2D eigenvalue weighted by molar-refractivity contribution is 7.73. The summed E-state index contributed by atoms with van der Waals surface area (Å²) in [7, 11) is 0. The second kappa shape index (κ2) is 9.37. The van der Waals surface area contributed by atoms with Crippen LogP contribution in [0.1, 0.15) is 20.8 Å². The fourth-order valence-corrected chi connectivity index (χ4v) is 2.75. The van der Waals surface area contributed by atoms with Crippen molar-refractivity contribution in [3.63, 3.8) is 0 Å². The molecule has 5 nitrogen and oxygen atoms in total. The van der Waals surface area contributed by atoms with E-state index in [2.05, 4.69) is 23.3 Å². The van der Waals surface area contributed by atoms with Crippen molar-refractivity contribution in [3.8, 4) is 17.7 Å². The zero-order valence-electron chi connectivity index (χ0n) is 13.0. The van der Waals surface area contributed by atoms with Gasteiger partial charge >= 0.3 is 0 Å². The number of nitriles is 1. The van der Waals surface area contributed by atoms with Crippen molar-refractivity contribution in [2.45, 2.75) is 6.61 Å². The van der Waals surface area contributed by atoms with Gasteiger partial charge in [0.2, 0.25) is 5.88 Å². The number of thiazole rings is 1. The third-order valence-electron chi connectivity index (χ3n) is 3.04. The van der Waals surface area contributed by atoms with Gasteiger partial charge in [0.05, 0.1) is 11.6 Å². The van der Waals surface area contributed by atoms with Crippen LogP contribution in [0.3, 0.4) is 0 Å². The third kappa shape index (κ3) is 5.57. The Kier molecular flexibility index (Phi) is 6.89. The maximum atomic E-state index is 10.0. The van der Waals surface area contributed by atoms with E-state index in [1.165, 1.54) is 0 Å². The predicted molar refractivity (Wildman–Crippen MR) is 98.5 cm³/mol. The summed E-state index contributed by atoms with van der Waals surface area (Å²) >= 11 is 5.69. The van der Waals surface area contributed by atoms with Crippen LogP contribution < -0.4 is 4.74 Å². The molecular weight excluding hydrogens is 356 g/mol. The van der Waals surface area contributed by atoms with Crippen LogP contribution in [-0.4, -0.2) is 16.4 Å². The van der Waals surface area contributed by atoms with Crippen molar-refractivity contribution in [2.24, 2.45) is 0 Å². The summed E-state index contributed by atoms with van der Waals surface area (Å²) in [5.41, 5.74) is 1.58. The van der Waals surface area contributed by atoms with E-state index in [0.717, 1.165) is 22.6 Å². The molecule has 0 atom stereocenters. The summed E-state index contributed by atoms with van der Waals surface area (Å²) in [5.74, 6) is 0.676. The highest BCUT2D eigenvalue weighted by atomic mass is 32.1. The van der Waals surface area contributed by atoms with Crippen LogP contribution in [0.5, 0.6) is 11.6 Å². The SMILES string of the molecule is N#Cc1ccccc1COc1ccccc1.O=Cc1sc(=S)[nH]c1O. The zero-order chi connectivity index (χ0) is 18.1. The number of carbonyl (C=O) groups excluding carboxylic acids is 1. The smallest absolute Gasteiger partial charge is 0.211 e. The lowest BCUT2D eigenvalue weighted by Crippen LogP contribution is -1.97. The number of hydrogen-bond donors (Lipinski definition) is 2. The predicted octanol–water partition coefficient (Wildman–Crippen LogP) is 4.46. The number of nitrogens with one attached hydrogen (secondary N) is 1. The number of nitrogens with zero attached hydrogens (tertiary/aromatic N) is 1. The van der Waals surface area contributed by atoms with Gasteiger partial charge < -0.3 is 14.8 Å². The lowest BCUT2D eigenvalue weighted by Gasteiger charge is -2.06. The molecule has 25 heavy (non-hydrogen) atoms. The lowest BCUT2D eigenvalue weighted by atomic mass is 10.1. The Labute approximate surface area is 153 Å². The minimum Gasteiger partial charge on any atom is -0.493 e. The first-order chi connectivity index (χ1) is 12.1. The highest BCUT2D eigenvalue weighted by Crippen LogP contribution is 2.17. The number of hydrogen-bond acceptors (Lipinski definition) is 6. The molecule has 1 heterocycles. The Bertz CT molecular complexity index is 927. The van der Waals surface area contributed by atoms with Crippen molar-refractivity contribution in [3.05, 3.63) is 74.6 Å². The van der Waals surface area contributed by atoms with Crippen molar-refractivity contribution in [1.82, 2.24) is 4.98 Å². The number of benzene rings is 2. The van der Waals surface area contributed by atoms with Gasteiger partial charge in [-0.05, 0) is 30.4 Å². The van der Waals surface area contributed by atoms with Gasteiger partial charge in [-0.3, -0.25) is 4.79 Å². The molecule has 0 aliphatic rings. The Morgan fingerprint density at radius 1 is 1.20 bits per heavy atom. The summed E-state index contributed by atoms with van der Waals surface area (Å²) in [4.78, 5) is 12.7. The largest absolute Gasteiger partial charge is 0.493 e. The Morgan fingerprint density at radius 3 is 2.44 bits per heavy atom. The number of para-hydroxylation sites is 1. The van der Waals surface area contributed by atoms with Crippen LogP contribution in [0.15, 0.2) is 54.6 Å². The maximum Gasteiger partial charge on any atom is 0.211 e. The molecule has 0 bridgehead atoms. The first-order valence-corrected chi connectivity index (χ1v) is 8.39. The molecular formula is C18H14N2O3S2. The van der Waals surface area contributed by atoms with E-state index >= 15 is 0 Å². The Morgan fingerprint density at radius 2 is 1.88 bits per heavy atom. The number of carbonyl (C=O) groups is 1. The van der Waals surface area contributed by atoms with Gasteiger partial charge in [0, 0.05) is 5.56 Å². The summed E-state index contributed by atoms with van der Waals surface area (Å²) in [6.07, 6.45) is 0.562. The zero-order valence-corrected chi connectivity index (χ0v) is 14.6. The Hall–Kier alpha value is -2.95. The molecule has 0 aliphatic carbocycles. The number of aromatic amines is 1.